The van der Waals surface area contributed by atoms with E-state index in [1.165, 1.54) is 0 Å². The molecule has 106 valence electrons. The summed E-state index contributed by atoms with van der Waals surface area (Å²) in [6, 6.07) is 5.25. The van der Waals surface area contributed by atoms with Crippen LogP contribution in [0.4, 0.5) is 5.69 Å². The van der Waals surface area contributed by atoms with Crippen molar-refractivity contribution in [3.63, 3.8) is 0 Å². The SMILES string of the molecule is Cc1cc(NC(C)c2c(C)noc2C)ccc1C(=O)O. The Hall–Kier alpha value is -2.30. The van der Waals surface area contributed by atoms with Gasteiger partial charge in [-0.2, -0.15) is 0 Å². The van der Waals surface area contributed by atoms with Crippen LogP contribution >= 0.6 is 0 Å². The Morgan fingerprint density at radius 2 is 2.05 bits per heavy atom. The molecule has 5 nitrogen and oxygen atoms in total. The molecule has 0 saturated heterocycles. The van der Waals surface area contributed by atoms with Crippen molar-refractivity contribution in [1.29, 1.82) is 0 Å². The largest absolute Gasteiger partial charge is 0.478 e. The van der Waals surface area contributed by atoms with Crippen molar-refractivity contribution >= 4 is 11.7 Å². The normalized spacial score (nSPS) is 12.2. The fraction of sp³-hybridized carbons (Fsp3) is 0.333. The lowest BCUT2D eigenvalue weighted by molar-refractivity contribution is 0.0696. The molecule has 2 rings (SSSR count). The number of nitrogens with zero attached hydrogens (tertiary/aromatic N) is 1. The Balaban J connectivity index is 2.22. The maximum Gasteiger partial charge on any atom is 0.335 e. The van der Waals surface area contributed by atoms with E-state index in [2.05, 4.69) is 10.5 Å². The van der Waals surface area contributed by atoms with Gasteiger partial charge in [-0.25, -0.2) is 4.79 Å². The number of nitrogens with one attached hydrogen (secondary N) is 1. The maximum absolute atomic E-state index is 11.0. The van der Waals surface area contributed by atoms with Gasteiger partial charge in [0.1, 0.15) is 5.76 Å². The highest BCUT2D eigenvalue weighted by Gasteiger charge is 2.16. The zero-order valence-electron chi connectivity index (χ0n) is 12.0. The van der Waals surface area contributed by atoms with Gasteiger partial charge < -0.3 is 14.9 Å². The molecule has 5 heteroatoms. The Bertz CT molecular complexity index is 627. The third kappa shape index (κ3) is 2.66. The predicted molar refractivity (Wildman–Crippen MR) is 76.2 cm³/mol. The average molecular weight is 274 g/mol. The van der Waals surface area contributed by atoms with E-state index in [1.54, 1.807) is 19.1 Å². The molecule has 1 atom stereocenters. The van der Waals surface area contributed by atoms with E-state index in [-0.39, 0.29) is 6.04 Å². The van der Waals surface area contributed by atoms with Crippen LogP contribution in [0.15, 0.2) is 22.7 Å². The lowest BCUT2D eigenvalue weighted by Gasteiger charge is -2.16. The molecule has 0 bridgehead atoms. The van der Waals surface area contributed by atoms with Gasteiger partial charge in [-0.1, -0.05) is 5.16 Å². The summed E-state index contributed by atoms with van der Waals surface area (Å²) in [6.07, 6.45) is 0. The molecule has 0 saturated carbocycles. The van der Waals surface area contributed by atoms with Crippen LogP contribution in [-0.2, 0) is 0 Å². The minimum Gasteiger partial charge on any atom is -0.478 e. The minimum atomic E-state index is -0.909. The van der Waals surface area contributed by atoms with E-state index in [0.29, 0.717) is 5.56 Å². The number of carbonyl (C=O) groups is 1. The number of benzene rings is 1. The summed E-state index contributed by atoms with van der Waals surface area (Å²) in [5, 5.41) is 16.3. The smallest absolute Gasteiger partial charge is 0.335 e. The van der Waals surface area contributed by atoms with Crippen LogP contribution in [0.25, 0.3) is 0 Å². The quantitative estimate of drug-likeness (QED) is 0.892. The average Bonchev–Trinajstić information content (AvgIpc) is 2.68. The van der Waals surface area contributed by atoms with Crippen molar-refractivity contribution in [3.8, 4) is 0 Å². The summed E-state index contributed by atoms with van der Waals surface area (Å²) in [6.45, 7) is 7.59. The summed E-state index contributed by atoms with van der Waals surface area (Å²) in [5.74, 6) is -0.116. The number of carboxylic acids is 1. The lowest BCUT2D eigenvalue weighted by atomic mass is 10.0. The molecule has 0 amide bonds. The highest BCUT2D eigenvalue weighted by molar-refractivity contribution is 5.89. The van der Waals surface area contributed by atoms with Gasteiger partial charge in [-0.15, -0.1) is 0 Å². The van der Waals surface area contributed by atoms with Crippen LogP contribution in [0.5, 0.6) is 0 Å². The van der Waals surface area contributed by atoms with Gasteiger partial charge in [0, 0.05) is 11.3 Å². The minimum absolute atomic E-state index is 0.0383. The highest BCUT2D eigenvalue weighted by Crippen LogP contribution is 2.25. The fourth-order valence-corrected chi connectivity index (χ4v) is 2.42. The molecule has 2 aromatic rings. The molecule has 0 fully saturated rings. The van der Waals surface area contributed by atoms with Crippen molar-refractivity contribution in [1.82, 2.24) is 5.16 Å². The first kappa shape index (κ1) is 14.1. The van der Waals surface area contributed by atoms with Crippen molar-refractivity contribution in [2.24, 2.45) is 0 Å². The summed E-state index contributed by atoms with van der Waals surface area (Å²) >= 11 is 0. The third-order valence-electron chi connectivity index (χ3n) is 3.36. The molecule has 0 spiro atoms. The number of aromatic nitrogens is 1. The first-order valence-corrected chi connectivity index (χ1v) is 6.43. The zero-order chi connectivity index (χ0) is 14.9. The Kier molecular flexibility index (Phi) is 3.79. The molecule has 1 aromatic carbocycles. The van der Waals surface area contributed by atoms with Gasteiger partial charge in [-0.3, -0.25) is 0 Å². The molecule has 1 heterocycles. The molecule has 20 heavy (non-hydrogen) atoms. The van der Waals surface area contributed by atoms with Gasteiger partial charge in [0.05, 0.1) is 17.3 Å². The first-order valence-electron chi connectivity index (χ1n) is 6.43. The van der Waals surface area contributed by atoms with Crippen molar-refractivity contribution in [2.45, 2.75) is 33.7 Å². The predicted octanol–water partition coefficient (Wildman–Crippen LogP) is 3.47. The zero-order valence-corrected chi connectivity index (χ0v) is 12.0. The fourth-order valence-electron chi connectivity index (χ4n) is 2.42. The van der Waals surface area contributed by atoms with E-state index in [1.807, 2.05) is 26.8 Å². The van der Waals surface area contributed by atoms with E-state index >= 15 is 0 Å². The molecule has 1 unspecified atom stereocenters. The monoisotopic (exact) mass is 274 g/mol. The second kappa shape index (κ2) is 5.36. The lowest BCUT2D eigenvalue weighted by Crippen LogP contribution is -2.09. The molecule has 0 aliphatic carbocycles. The summed E-state index contributed by atoms with van der Waals surface area (Å²) in [5.41, 5.74) is 3.82. The van der Waals surface area contributed by atoms with Gasteiger partial charge in [0.25, 0.3) is 0 Å². The Labute approximate surface area is 117 Å². The number of anilines is 1. The molecule has 2 N–H and O–H groups in total. The molecule has 0 aliphatic rings. The van der Waals surface area contributed by atoms with Crippen LogP contribution in [0.3, 0.4) is 0 Å². The third-order valence-corrected chi connectivity index (χ3v) is 3.36. The van der Waals surface area contributed by atoms with Crippen LogP contribution in [-0.4, -0.2) is 16.2 Å². The number of rotatable bonds is 4. The molecular formula is C15H18N2O3. The van der Waals surface area contributed by atoms with Crippen molar-refractivity contribution in [2.75, 3.05) is 5.32 Å². The number of hydrogen-bond donors (Lipinski definition) is 2. The van der Waals surface area contributed by atoms with E-state index in [9.17, 15) is 4.79 Å². The topological polar surface area (TPSA) is 75.4 Å². The summed E-state index contributed by atoms with van der Waals surface area (Å²) < 4.78 is 5.16. The van der Waals surface area contributed by atoms with E-state index in [0.717, 1.165) is 28.3 Å². The summed E-state index contributed by atoms with van der Waals surface area (Å²) in [7, 11) is 0. The van der Waals surface area contributed by atoms with Gasteiger partial charge in [0.15, 0.2) is 0 Å². The summed E-state index contributed by atoms with van der Waals surface area (Å²) in [4.78, 5) is 11.0. The molecular weight excluding hydrogens is 256 g/mol. The van der Waals surface area contributed by atoms with Crippen LogP contribution in [0.2, 0.25) is 0 Å². The van der Waals surface area contributed by atoms with Crippen molar-refractivity contribution < 1.29 is 14.4 Å². The second-order valence-corrected chi connectivity index (χ2v) is 4.94. The van der Waals surface area contributed by atoms with Crippen LogP contribution < -0.4 is 5.32 Å². The first-order chi connectivity index (χ1) is 9.40. The standard InChI is InChI=1S/C15H18N2O3/c1-8-7-12(5-6-13(8)15(18)19)16-9(2)14-10(3)17-20-11(14)4/h5-7,9,16H,1-4H3,(H,18,19). The van der Waals surface area contributed by atoms with Gasteiger partial charge in [-0.05, 0) is 51.5 Å². The maximum atomic E-state index is 11.0. The van der Waals surface area contributed by atoms with Gasteiger partial charge in [0.2, 0.25) is 0 Å². The Morgan fingerprint density at radius 3 is 2.55 bits per heavy atom. The van der Waals surface area contributed by atoms with E-state index in [4.69, 9.17) is 9.63 Å². The number of carboxylic acid groups (broad SMARTS) is 1. The number of aromatic carboxylic acids is 1. The van der Waals surface area contributed by atoms with E-state index < -0.39 is 5.97 Å². The van der Waals surface area contributed by atoms with Crippen LogP contribution in [0.1, 0.15) is 45.9 Å². The molecule has 0 aliphatic heterocycles. The number of aryl methyl sites for hydroxylation is 3. The van der Waals surface area contributed by atoms with Gasteiger partial charge >= 0.3 is 5.97 Å². The van der Waals surface area contributed by atoms with Crippen molar-refractivity contribution in [3.05, 3.63) is 46.3 Å². The van der Waals surface area contributed by atoms with Crippen LogP contribution in [0, 0.1) is 20.8 Å². The molecule has 1 aromatic heterocycles. The second-order valence-electron chi connectivity index (χ2n) is 4.94. The number of hydrogen-bond acceptors (Lipinski definition) is 4. The Morgan fingerprint density at radius 1 is 1.35 bits per heavy atom. The highest BCUT2D eigenvalue weighted by atomic mass is 16.5. The molecule has 0 radical (unpaired) electrons.